The molecule has 0 saturated heterocycles. The maximum Gasteiger partial charge on any atom is 0.270 e. The number of amides is 1. The van der Waals surface area contributed by atoms with E-state index in [0.29, 0.717) is 38.8 Å². The summed E-state index contributed by atoms with van der Waals surface area (Å²) >= 11 is 13.1. The minimum Gasteiger partial charge on any atom is -0.325 e. The average Bonchev–Trinajstić information content (AvgIpc) is 3.08. The Morgan fingerprint density at radius 1 is 1.21 bits per heavy atom. The number of nitro groups is 1. The van der Waals surface area contributed by atoms with Crippen molar-refractivity contribution in [1.29, 1.82) is 0 Å². The Balaban J connectivity index is 1.73. The lowest BCUT2D eigenvalue weighted by molar-refractivity contribution is -0.384. The van der Waals surface area contributed by atoms with Crippen LogP contribution in [0.2, 0.25) is 10.0 Å². The van der Waals surface area contributed by atoms with Crippen LogP contribution >= 0.6 is 35.0 Å². The molecular formula is C18H15Cl2N5O3S. The fraction of sp³-hybridized carbons (Fsp3) is 0.167. The minimum absolute atomic E-state index is 0.0260. The van der Waals surface area contributed by atoms with Crippen LogP contribution in [0.15, 0.2) is 47.6 Å². The van der Waals surface area contributed by atoms with Crippen LogP contribution in [0.1, 0.15) is 6.92 Å². The molecule has 0 radical (unpaired) electrons. The second kappa shape index (κ2) is 9.25. The van der Waals surface area contributed by atoms with Crippen molar-refractivity contribution in [2.24, 2.45) is 0 Å². The molecule has 11 heteroatoms. The van der Waals surface area contributed by atoms with Crippen LogP contribution in [-0.4, -0.2) is 31.3 Å². The number of hydrogen-bond donors (Lipinski definition) is 1. The van der Waals surface area contributed by atoms with Gasteiger partial charge in [0, 0.05) is 40.0 Å². The molecule has 0 aliphatic carbocycles. The van der Waals surface area contributed by atoms with Gasteiger partial charge in [-0.05, 0) is 25.1 Å². The van der Waals surface area contributed by atoms with Gasteiger partial charge in [-0.15, -0.1) is 10.2 Å². The third kappa shape index (κ3) is 5.26. The number of carbonyl (C=O) groups is 1. The SMILES string of the molecule is CCn1c(SCC(=O)Nc2cc(Cl)cc(Cl)c2)nnc1-c1cccc([N+](=O)[O-])c1. The third-order valence-corrected chi connectivity index (χ3v) is 5.23. The van der Waals surface area contributed by atoms with E-state index in [4.69, 9.17) is 23.2 Å². The average molecular weight is 452 g/mol. The van der Waals surface area contributed by atoms with Crippen LogP contribution in [0, 0.1) is 10.1 Å². The molecule has 0 aliphatic rings. The molecule has 1 N–H and O–H groups in total. The number of anilines is 1. The maximum absolute atomic E-state index is 12.3. The van der Waals surface area contributed by atoms with Crippen molar-refractivity contribution >= 4 is 52.2 Å². The lowest BCUT2D eigenvalue weighted by atomic mass is 10.2. The number of nitro benzene ring substituents is 1. The van der Waals surface area contributed by atoms with Crippen LogP contribution in [0.5, 0.6) is 0 Å². The standard InChI is InChI=1S/C18H15Cl2N5O3S/c1-2-24-17(11-4-3-5-15(6-11)25(27)28)22-23-18(24)29-10-16(26)21-14-8-12(19)7-13(20)9-14/h3-9H,2,10H2,1H3,(H,21,26). The highest BCUT2D eigenvalue weighted by molar-refractivity contribution is 7.99. The minimum atomic E-state index is -0.460. The van der Waals surface area contributed by atoms with Gasteiger partial charge in [0.1, 0.15) is 0 Å². The molecule has 0 atom stereocenters. The number of nitrogens with zero attached hydrogens (tertiary/aromatic N) is 4. The molecule has 150 valence electrons. The lowest BCUT2D eigenvalue weighted by Crippen LogP contribution is -2.14. The van der Waals surface area contributed by atoms with Crippen LogP contribution in [-0.2, 0) is 11.3 Å². The van der Waals surface area contributed by atoms with Crippen molar-refractivity contribution in [2.75, 3.05) is 11.1 Å². The van der Waals surface area contributed by atoms with Crippen molar-refractivity contribution in [1.82, 2.24) is 14.8 Å². The van der Waals surface area contributed by atoms with Gasteiger partial charge >= 0.3 is 0 Å². The van der Waals surface area contributed by atoms with E-state index >= 15 is 0 Å². The van der Waals surface area contributed by atoms with E-state index < -0.39 is 4.92 Å². The summed E-state index contributed by atoms with van der Waals surface area (Å²) in [5.41, 5.74) is 1.06. The molecule has 1 amide bonds. The lowest BCUT2D eigenvalue weighted by Gasteiger charge is -2.08. The van der Waals surface area contributed by atoms with Crippen LogP contribution < -0.4 is 5.32 Å². The van der Waals surface area contributed by atoms with Gasteiger partial charge in [-0.3, -0.25) is 14.9 Å². The van der Waals surface area contributed by atoms with Gasteiger partial charge in [0.25, 0.3) is 5.69 Å². The second-order valence-corrected chi connectivity index (χ2v) is 7.67. The Hall–Kier alpha value is -2.62. The Morgan fingerprint density at radius 3 is 2.59 bits per heavy atom. The molecular weight excluding hydrogens is 437 g/mol. The number of nitrogens with one attached hydrogen (secondary N) is 1. The van der Waals surface area contributed by atoms with Crippen molar-refractivity contribution in [3.8, 4) is 11.4 Å². The van der Waals surface area contributed by atoms with E-state index in [9.17, 15) is 14.9 Å². The molecule has 3 aromatic rings. The highest BCUT2D eigenvalue weighted by Gasteiger charge is 2.17. The monoisotopic (exact) mass is 451 g/mol. The van der Waals surface area contributed by atoms with E-state index in [2.05, 4.69) is 15.5 Å². The zero-order valence-electron chi connectivity index (χ0n) is 15.1. The first-order chi connectivity index (χ1) is 13.9. The summed E-state index contributed by atoms with van der Waals surface area (Å²) in [4.78, 5) is 22.8. The third-order valence-electron chi connectivity index (χ3n) is 3.83. The number of rotatable bonds is 7. The number of aromatic nitrogens is 3. The van der Waals surface area contributed by atoms with Crippen LogP contribution in [0.4, 0.5) is 11.4 Å². The van der Waals surface area contributed by atoms with Gasteiger partial charge < -0.3 is 9.88 Å². The number of carbonyl (C=O) groups excluding carboxylic acids is 1. The molecule has 8 nitrogen and oxygen atoms in total. The Labute approximate surface area is 180 Å². The molecule has 0 spiro atoms. The van der Waals surface area contributed by atoms with E-state index in [1.54, 1.807) is 34.9 Å². The molecule has 3 rings (SSSR count). The summed E-state index contributed by atoms with van der Waals surface area (Å²) in [6.07, 6.45) is 0. The first kappa shape index (κ1) is 21.1. The second-order valence-electron chi connectivity index (χ2n) is 5.85. The largest absolute Gasteiger partial charge is 0.325 e. The van der Waals surface area contributed by atoms with E-state index in [0.717, 1.165) is 0 Å². The Morgan fingerprint density at radius 2 is 1.93 bits per heavy atom. The number of non-ortho nitro benzene ring substituents is 1. The summed E-state index contributed by atoms with van der Waals surface area (Å²) in [5, 5.41) is 23.4. The van der Waals surface area contributed by atoms with Crippen LogP contribution in [0.3, 0.4) is 0 Å². The van der Waals surface area contributed by atoms with Gasteiger partial charge in [0.15, 0.2) is 11.0 Å². The quantitative estimate of drug-likeness (QED) is 0.310. The molecule has 1 aromatic heterocycles. The number of halogens is 2. The number of thioether (sulfide) groups is 1. The van der Waals surface area contributed by atoms with Crippen molar-refractivity contribution in [2.45, 2.75) is 18.6 Å². The smallest absolute Gasteiger partial charge is 0.270 e. The fourth-order valence-electron chi connectivity index (χ4n) is 2.61. The van der Waals surface area contributed by atoms with Gasteiger partial charge in [-0.1, -0.05) is 47.1 Å². The summed E-state index contributed by atoms with van der Waals surface area (Å²) in [6, 6.07) is 11.0. The summed E-state index contributed by atoms with van der Waals surface area (Å²) in [5.74, 6) is 0.341. The van der Waals surface area contributed by atoms with Gasteiger partial charge in [-0.2, -0.15) is 0 Å². The van der Waals surface area contributed by atoms with E-state index in [1.807, 2.05) is 6.92 Å². The summed E-state index contributed by atoms with van der Waals surface area (Å²) in [7, 11) is 0. The zero-order chi connectivity index (χ0) is 21.0. The Bertz CT molecular complexity index is 1050. The number of benzene rings is 2. The molecule has 0 bridgehead atoms. The van der Waals surface area contributed by atoms with E-state index in [1.165, 1.54) is 23.9 Å². The molecule has 0 saturated carbocycles. The predicted octanol–water partition coefficient (Wildman–Crippen LogP) is 4.91. The molecule has 2 aromatic carbocycles. The number of hydrogen-bond acceptors (Lipinski definition) is 6. The van der Waals surface area contributed by atoms with Gasteiger partial charge in [0.05, 0.1) is 10.7 Å². The van der Waals surface area contributed by atoms with Gasteiger partial charge in [0.2, 0.25) is 5.91 Å². The highest BCUT2D eigenvalue weighted by Crippen LogP contribution is 2.27. The summed E-state index contributed by atoms with van der Waals surface area (Å²) < 4.78 is 1.80. The highest BCUT2D eigenvalue weighted by atomic mass is 35.5. The molecule has 1 heterocycles. The maximum atomic E-state index is 12.3. The molecule has 0 aliphatic heterocycles. The topological polar surface area (TPSA) is 103 Å². The first-order valence-electron chi connectivity index (χ1n) is 8.44. The normalized spacial score (nSPS) is 10.7. The van der Waals surface area contributed by atoms with Crippen LogP contribution in [0.25, 0.3) is 11.4 Å². The fourth-order valence-corrected chi connectivity index (χ4v) is 3.93. The van der Waals surface area contributed by atoms with Crippen molar-refractivity contribution in [3.05, 3.63) is 62.6 Å². The first-order valence-corrected chi connectivity index (χ1v) is 10.2. The Kier molecular flexibility index (Phi) is 6.73. The molecule has 29 heavy (non-hydrogen) atoms. The van der Waals surface area contributed by atoms with Gasteiger partial charge in [-0.25, -0.2) is 0 Å². The van der Waals surface area contributed by atoms with E-state index in [-0.39, 0.29) is 17.3 Å². The predicted molar refractivity (Wildman–Crippen MR) is 114 cm³/mol. The molecule has 0 fully saturated rings. The van der Waals surface area contributed by atoms with Crippen molar-refractivity contribution in [3.63, 3.8) is 0 Å². The summed E-state index contributed by atoms with van der Waals surface area (Å²) in [6.45, 7) is 2.45. The zero-order valence-corrected chi connectivity index (χ0v) is 17.5. The molecule has 0 unspecified atom stereocenters. The van der Waals surface area contributed by atoms with Crippen molar-refractivity contribution < 1.29 is 9.72 Å².